The molecule has 0 aliphatic carbocycles. The summed E-state index contributed by atoms with van der Waals surface area (Å²) >= 11 is 0. The molecule has 0 radical (unpaired) electrons. The van der Waals surface area contributed by atoms with Crippen molar-refractivity contribution in [1.82, 2.24) is 9.97 Å². The van der Waals surface area contributed by atoms with E-state index in [9.17, 15) is 18.9 Å². The van der Waals surface area contributed by atoms with Crippen molar-refractivity contribution in [2.45, 2.75) is 0 Å². The topological polar surface area (TPSA) is 115 Å². The molecule has 7 nitrogen and oxygen atoms in total. The first kappa shape index (κ1) is 24.0. The van der Waals surface area contributed by atoms with Gasteiger partial charge in [-0.3, -0.25) is 20.1 Å². The van der Waals surface area contributed by atoms with Crippen LogP contribution in [0.4, 0.5) is 20.2 Å². The zero-order valence-corrected chi connectivity index (χ0v) is 17.0. The molecule has 0 saturated carbocycles. The molecule has 0 amide bonds. The summed E-state index contributed by atoms with van der Waals surface area (Å²) in [5.74, 6) is -0.623. The molecule has 32 heavy (non-hydrogen) atoms. The molecule has 0 spiro atoms. The molecule has 0 saturated heterocycles. The molecule has 0 unspecified atom stereocenters. The Labute approximate surface area is 183 Å². The number of nitrogens with two attached hydrogens (primary N) is 1. The number of hydrogen-bond acceptors (Lipinski definition) is 6. The molecule has 0 aliphatic rings. The number of anilines is 1. The Morgan fingerprint density at radius 3 is 1.69 bits per heavy atom. The van der Waals surface area contributed by atoms with E-state index in [2.05, 4.69) is 9.97 Å². The molecule has 0 aliphatic heterocycles. The van der Waals surface area contributed by atoms with E-state index in [-0.39, 0.29) is 17.3 Å². The van der Waals surface area contributed by atoms with E-state index in [1.807, 2.05) is 6.07 Å². The van der Waals surface area contributed by atoms with Crippen molar-refractivity contribution in [3.05, 3.63) is 107 Å². The molecular weight excluding hydrogens is 418 g/mol. The van der Waals surface area contributed by atoms with Crippen LogP contribution in [0.25, 0.3) is 22.3 Å². The van der Waals surface area contributed by atoms with Gasteiger partial charge in [0.1, 0.15) is 17.8 Å². The quantitative estimate of drug-likeness (QED) is 0.348. The number of rotatable bonds is 3. The maximum absolute atomic E-state index is 12.7. The fourth-order valence-electron chi connectivity index (χ4n) is 2.70. The van der Waals surface area contributed by atoms with E-state index in [1.165, 1.54) is 54.9 Å². The molecule has 2 heterocycles. The molecule has 9 heteroatoms. The number of pyridine rings is 2. The first-order chi connectivity index (χ1) is 15.5. The van der Waals surface area contributed by atoms with Crippen molar-refractivity contribution in [1.29, 1.82) is 0 Å². The number of nitrogen functional groups attached to an aromatic ring is 1. The lowest BCUT2D eigenvalue weighted by molar-refractivity contribution is -0.384. The molecule has 2 aromatic carbocycles. The van der Waals surface area contributed by atoms with E-state index in [4.69, 9.17) is 10.8 Å². The Hall–Kier alpha value is -4.24. The van der Waals surface area contributed by atoms with Gasteiger partial charge in [0, 0.05) is 25.1 Å². The second-order valence-electron chi connectivity index (χ2n) is 6.13. The number of aromatic nitrogens is 2. The second-order valence-corrected chi connectivity index (χ2v) is 6.13. The predicted molar refractivity (Wildman–Crippen MR) is 118 cm³/mol. The second kappa shape index (κ2) is 11.8. The van der Waals surface area contributed by atoms with Gasteiger partial charge in [-0.1, -0.05) is 24.3 Å². The average molecular weight is 438 g/mol. The van der Waals surface area contributed by atoms with Gasteiger partial charge in [-0.2, -0.15) is 0 Å². The highest BCUT2D eigenvalue weighted by molar-refractivity contribution is 5.75. The van der Waals surface area contributed by atoms with Crippen LogP contribution >= 0.6 is 0 Å². The van der Waals surface area contributed by atoms with Gasteiger partial charge < -0.3 is 10.8 Å². The third kappa shape index (κ3) is 6.38. The first-order valence-electron chi connectivity index (χ1n) is 9.20. The number of hydrogen-bond donors (Lipinski definition) is 2. The third-order valence-electron chi connectivity index (χ3n) is 4.16. The van der Waals surface area contributed by atoms with E-state index in [0.717, 1.165) is 18.2 Å². The Morgan fingerprint density at radius 2 is 1.22 bits per heavy atom. The maximum Gasteiger partial charge on any atom is 0.295 e. The van der Waals surface area contributed by atoms with Crippen molar-refractivity contribution in [3.8, 4) is 22.3 Å². The van der Waals surface area contributed by atoms with Crippen LogP contribution in [0.2, 0.25) is 0 Å². The van der Waals surface area contributed by atoms with Crippen molar-refractivity contribution < 1.29 is 18.8 Å². The van der Waals surface area contributed by atoms with Crippen molar-refractivity contribution in [2.24, 2.45) is 0 Å². The zero-order valence-electron chi connectivity index (χ0n) is 17.0. The van der Waals surface area contributed by atoms with Crippen LogP contribution in [0, 0.1) is 21.7 Å². The standard InChI is InChI=1S/C11H7FN2O2.C11H9FN2.CH4O/c12-9-3-1-8(2-4-9)10-5-6-13-7-11(10)14(15)16;12-9-3-1-8(2-4-9)10-5-6-14-7-11(10)13;1-2/h1-7H;1-7H,13H2;2H,1H3. The fourth-order valence-corrected chi connectivity index (χ4v) is 2.70. The average Bonchev–Trinajstić information content (AvgIpc) is 2.82. The lowest BCUT2D eigenvalue weighted by Crippen LogP contribution is -1.92. The first-order valence-corrected chi connectivity index (χ1v) is 9.20. The lowest BCUT2D eigenvalue weighted by Gasteiger charge is -2.03. The van der Waals surface area contributed by atoms with Crippen LogP contribution in [0.5, 0.6) is 0 Å². The zero-order chi connectivity index (χ0) is 23.5. The van der Waals surface area contributed by atoms with Gasteiger partial charge in [0.15, 0.2) is 0 Å². The highest BCUT2D eigenvalue weighted by atomic mass is 19.1. The Bertz CT molecular complexity index is 1150. The monoisotopic (exact) mass is 438 g/mol. The van der Waals surface area contributed by atoms with Crippen LogP contribution in [0.3, 0.4) is 0 Å². The van der Waals surface area contributed by atoms with Crippen LogP contribution < -0.4 is 5.73 Å². The number of benzene rings is 2. The van der Waals surface area contributed by atoms with Gasteiger partial charge in [-0.25, -0.2) is 8.78 Å². The highest BCUT2D eigenvalue weighted by Gasteiger charge is 2.14. The molecule has 0 atom stereocenters. The van der Waals surface area contributed by atoms with E-state index < -0.39 is 4.92 Å². The molecule has 2 aromatic heterocycles. The molecule has 4 aromatic rings. The molecular formula is C23H20F2N4O3. The molecule has 164 valence electrons. The van der Waals surface area contributed by atoms with Crippen LogP contribution in [0.1, 0.15) is 0 Å². The maximum atomic E-state index is 12.7. The summed E-state index contributed by atoms with van der Waals surface area (Å²) in [7, 11) is 1.00. The predicted octanol–water partition coefficient (Wildman–Crippen LogP) is 4.87. The fraction of sp³-hybridized carbons (Fsp3) is 0.0435. The summed E-state index contributed by atoms with van der Waals surface area (Å²) in [4.78, 5) is 17.8. The molecule has 3 N–H and O–H groups in total. The van der Waals surface area contributed by atoms with Gasteiger partial charge in [0.2, 0.25) is 0 Å². The largest absolute Gasteiger partial charge is 0.400 e. The molecule has 4 rings (SSSR count). The van der Waals surface area contributed by atoms with Gasteiger partial charge in [-0.15, -0.1) is 0 Å². The summed E-state index contributed by atoms with van der Waals surface area (Å²) in [6.07, 6.45) is 5.89. The van der Waals surface area contributed by atoms with E-state index in [1.54, 1.807) is 24.5 Å². The number of nitro groups is 1. The minimum atomic E-state index is -0.508. The summed E-state index contributed by atoms with van der Waals surface area (Å²) in [6.45, 7) is 0. The lowest BCUT2D eigenvalue weighted by atomic mass is 10.1. The number of nitrogens with zero attached hydrogens (tertiary/aromatic N) is 3. The summed E-state index contributed by atoms with van der Waals surface area (Å²) in [5, 5.41) is 17.8. The van der Waals surface area contributed by atoms with Gasteiger partial charge in [-0.05, 0) is 47.5 Å². The Balaban J connectivity index is 0.000000212. The Kier molecular flexibility index (Phi) is 8.88. The minimum Gasteiger partial charge on any atom is -0.400 e. The van der Waals surface area contributed by atoms with Gasteiger partial charge in [0.05, 0.1) is 22.4 Å². The normalized spacial score (nSPS) is 9.62. The smallest absolute Gasteiger partial charge is 0.295 e. The minimum absolute atomic E-state index is 0.0888. The van der Waals surface area contributed by atoms with Crippen LogP contribution in [-0.2, 0) is 0 Å². The summed E-state index contributed by atoms with van der Waals surface area (Å²) < 4.78 is 25.4. The van der Waals surface area contributed by atoms with Gasteiger partial charge >= 0.3 is 0 Å². The Morgan fingerprint density at radius 1 is 0.781 bits per heavy atom. The third-order valence-corrected chi connectivity index (χ3v) is 4.16. The van der Waals surface area contributed by atoms with Gasteiger partial charge in [0.25, 0.3) is 5.69 Å². The summed E-state index contributed by atoms with van der Waals surface area (Å²) in [6, 6.07) is 15.1. The number of aliphatic hydroxyl groups excluding tert-OH is 1. The van der Waals surface area contributed by atoms with Crippen molar-refractivity contribution in [3.63, 3.8) is 0 Å². The number of aliphatic hydroxyl groups is 1. The molecule has 0 bridgehead atoms. The van der Waals surface area contributed by atoms with Crippen molar-refractivity contribution >= 4 is 11.4 Å². The molecule has 0 fully saturated rings. The summed E-state index contributed by atoms with van der Waals surface area (Å²) in [5.41, 5.74) is 9.04. The highest BCUT2D eigenvalue weighted by Crippen LogP contribution is 2.28. The SMILES string of the molecule is CO.Nc1cnccc1-c1ccc(F)cc1.O=[N+]([O-])c1cnccc1-c1ccc(F)cc1. The van der Waals surface area contributed by atoms with E-state index >= 15 is 0 Å². The van der Waals surface area contributed by atoms with Crippen LogP contribution in [0.15, 0.2) is 85.5 Å². The van der Waals surface area contributed by atoms with Crippen molar-refractivity contribution in [2.75, 3.05) is 12.8 Å². The van der Waals surface area contributed by atoms with E-state index in [0.29, 0.717) is 16.8 Å². The van der Waals surface area contributed by atoms with Crippen LogP contribution in [-0.4, -0.2) is 27.1 Å². The number of halogens is 2.